The van der Waals surface area contributed by atoms with Gasteiger partial charge in [-0.05, 0) is 13.0 Å². The van der Waals surface area contributed by atoms with Crippen LogP contribution < -0.4 is 10.1 Å². The Morgan fingerprint density at radius 1 is 1.45 bits per heavy atom. The van der Waals surface area contributed by atoms with Gasteiger partial charge in [0.05, 0.1) is 10.5 Å². The molecule has 7 heteroatoms. The molecular weight excluding hydrogens is 284 g/mol. The van der Waals surface area contributed by atoms with Crippen LogP contribution in [0.1, 0.15) is 19.4 Å². The van der Waals surface area contributed by atoms with Gasteiger partial charge in [0, 0.05) is 18.7 Å². The number of hydrogen-bond donors (Lipinski definition) is 2. The lowest BCUT2D eigenvalue weighted by Crippen LogP contribution is -2.35. The maximum atomic E-state index is 10.8. The maximum absolute atomic E-state index is 10.8. The van der Waals surface area contributed by atoms with Crippen LogP contribution in [0.5, 0.6) is 5.75 Å². The highest BCUT2D eigenvalue weighted by Crippen LogP contribution is 2.26. The molecule has 0 fully saturated rings. The van der Waals surface area contributed by atoms with Crippen molar-refractivity contribution in [2.45, 2.75) is 32.9 Å². The lowest BCUT2D eigenvalue weighted by Gasteiger charge is -2.15. The summed E-state index contributed by atoms with van der Waals surface area (Å²) in [7, 11) is 0. The van der Waals surface area contributed by atoms with Crippen LogP contribution in [0.4, 0.5) is 5.69 Å². The third kappa shape index (κ3) is 5.73. The Morgan fingerprint density at radius 3 is 2.65 bits per heavy atom. The van der Waals surface area contributed by atoms with E-state index in [0.717, 1.165) is 0 Å². The van der Waals surface area contributed by atoms with Crippen molar-refractivity contribution >= 4 is 18.1 Å². The van der Waals surface area contributed by atoms with Crippen LogP contribution in [-0.2, 0) is 0 Å². The number of halogens is 1. The van der Waals surface area contributed by atoms with Crippen molar-refractivity contribution in [3.05, 3.63) is 33.9 Å². The zero-order valence-electron chi connectivity index (χ0n) is 11.8. The van der Waals surface area contributed by atoms with Crippen molar-refractivity contribution in [1.29, 1.82) is 0 Å². The quantitative estimate of drug-likeness (QED) is 0.595. The van der Waals surface area contributed by atoms with E-state index in [4.69, 9.17) is 4.74 Å². The van der Waals surface area contributed by atoms with Crippen molar-refractivity contribution in [3.8, 4) is 5.75 Å². The molecule has 0 spiro atoms. The number of nitro groups is 1. The Labute approximate surface area is 124 Å². The Balaban J connectivity index is 0.00000361. The summed E-state index contributed by atoms with van der Waals surface area (Å²) >= 11 is 0. The van der Waals surface area contributed by atoms with E-state index in [1.807, 2.05) is 13.8 Å². The second-order valence-corrected chi connectivity index (χ2v) is 4.69. The van der Waals surface area contributed by atoms with Crippen molar-refractivity contribution in [2.75, 3.05) is 13.2 Å². The molecule has 0 saturated carbocycles. The number of nitrogens with zero attached hydrogens (tertiary/aromatic N) is 1. The molecule has 0 aliphatic heterocycles. The number of hydrogen-bond acceptors (Lipinski definition) is 5. The first kappa shape index (κ1) is 18.6. The molecule has 114 valence electrons. The fourth-order valence-corrected chi connectivity index (χ4v) is 1.57. The number of aliphatic hydroxyl groups excluding tert-OH is 1. The van der Waals surface area contributed by atoms with Gasteiger partial charge in [-0.25, -0.2) is 0 Å². The second-order valence-electron chi connectivity index (χ2n) is 4.69. The predicted molar refractivity (Wildman–Crippen MR) is 79.7 cm³/mol. The summed E-state index contributed by atoms with van der Waals surface area (Å²) in [5.41, 5.74) is 0.490. The molecule has 1 aromatic rings. The maximum Gasteiger partial charge on any atom is 0.276 e. The van der Waals surface area contributed by atoms with Crippen molar-refractivity contribution in [3.63, 3.8) is 0 Å². The summed E-state index contributed by atoms with van der Waals surface area (Å²) in [6, 6.07) is 4.94. The highest BCUT2D eigenvalue weighted by Gasteiger charge is 2.15. The van der Waals surface area contributed by atoms with E-state index in [0.29, 0.717) is 17.9 Å². The Morgan fingerprint density at radius 2 is 2.10 bits per heavy atom. The molecule has 0 bridgehead atoms. The highest BCUT2D eigenvalue weighted by molar-refractivity contribution is 5.85. The van der Waals surface area contributed by atoms with E-state index in [2.05, 4.69) is 5.32 Å². The third-order valence-corrected chi connectivity index (χ3v) is 2.65. The largest absolute Gasteiger partial charge is 0.490 e. The van der Waals surface area contributed by atoms with Gasteiger partial charge in [-0.2, -0.15) is 0 Å². The van der Waals surface area contributed by atoms with Crippen LogP contribution in [0.15, 0.2) is 18.2 Å². The number of rotatable bonds is 7. The lowest BCUT2D eigenvalue weighted by molar-refractivity contribution is -0.385. The molecule has 1 atom stereocenters. The molecule has 0 aliphatic rings. The molecule has 1 rings (SSSR count). The van der Waals surface area contributed by atoms with Crippen molar-refractivity contribution in [2.24, 2.45) is 0 Å². The molecule has 1 aromatic carbocycles. The van der Waals surface area contributed by atoms with Crippen LogP contribution in [0.3, 0.4) is 0 Å². The number of nitro benzene ring substituents is 1. The molecule has 20 heavy (non-hydrogen) atoms. The normalized spacial score (nSPS) is 11.8. The average Bonchev–Trinajstić information content (AvgIpc) is 2.34. The standard InChI is InChI=1S/C13H20N2O4.ClH/c1-9(2)14-7-11(16)8-19-13-6-4-5-12(10(13)3)15(17)18;/h4-6,9,11,14,16H,7-8H2,1-3H3;1H. The summed E-state index contributed by atoms with van der Waals surface area (Å²) < 4.78 is 5.43. The molecule has 0 radical (unpaired) electrons. The Kier molecular flexibility index (Phi) is 8.13. The van der Waals surface area contributed by atoms with Gasteiger partial charge in [0.1, 0.15) is 18.5 Å². The SMILES string of the molecule is Cc1c(OCC(O)CNC(C)C)cccc1[N+](=O)[O-].Cl. The zero-order valence-corrected chi connectivity index (χ0v) is 12.6. The molecule has 6 nitrogen and oxygen atoms in total. The predicted octanol–water partition coefficient (Wildman–Crippen LogP) is 2.06. The first-order chi connectivity index (χ1) is 8.91. The fraction of sp³-hybridized carbons (Fsp3) is 0.538. The summed E-state index contributed by atoms with van der Waals surface area (Å²) in [4.78, 5) is 10.3. The number of aliphatic hydroxyl groups is 1. The van der Waals surface area contributed by atoms with Gasteiger partial charge in [-0.1, -0.05) is 19.9 Å². The summed E-state index contributed by atoms with van der Waals surface area (Å²) in [5, 5.41) is 23.6. The minimum atomic E-state index is -0.652. The van der Waals surface area contributed by atoms with Crippen molar-refractivity contribution in [1.82, 2.24) is 5.32 Å². The van der Waals surface area contributed by atoms with Crippen LogP contribution in [0.25, 0.3) is 0 Å². The zero-order chi connectivity index (χ0) is 14.4. The fourth-order valence-electron chi connectivity index (χ4n) is 1.57. The van der Waals surface area contributed by atoms with Gasteiger partial charge < -0.3 is 15.2 Å². The highest BCUT2D eigenvalue weighted by atomic mass is 35.5. The molecule has 0 amide bonds. The lowest BCUT2D eigenvalue weighted by atomic mass is 10.2. The van der Waals surface area contributed by atoms with E-state index >= 15 is 0 Å². The van der Waals surface area contributed by atoms with Crippen molar-refractivity contribution < 1.29 is 14.8 Å². The minimum absolute atomic E-state index is 0. The number of benzene rings is 1. The van der Waals surface area contributed by atoms with E-state index in [9.17, 15) is 15.2 Å². The van der Waals surface area contributed by atoms with Crippen LogP contribution in [-0.4, -0.2) is 35.3 Å². The summed E-state index contributed by atoms with van der Waals surface area (Å²) in [6.07, 6.45) is -0.652. The smallest absolute Gasteiger partial charge is 0.276 e. The van der Waals surface area contributed by atoms with E-state index < -0.39 is 11.0 Å². The van der Waals surface area contributed by atoms with Gasteiger partial charge in [-0.3, -0.25) is 10.1 Å². The van der Waals surface area contributed by atoms with Gasteiger partial charge in [0.25, 0.3) is 5.69 Å². The van der Waals surface area contributed by atoms with Gasteiger partial charge in [-0.15, -0.1) is 12.4 Å². The van der Waals surface area contributed by atoms with Crippen LogP contribution in [0, 0.1) is 17.0 Å². The second kappa shape index (κ2) is 8.73. The molecule has 2 N–H and O–H groups in total. The first-order valence-electron chi connectivity index (χ1n) is 6.20. The number of nitrogens with one attached hydrogen (secondary N) is 1. The average molecular weight is 305 g/mol. The molecule has 0 saturated heterocycles. The first-order valence-corrected chi connectivity index (χ1v) is 6.20. The van der Waals surface area contributed by atoms with Gasteiger partial charge >= 0.3 is 0 Å². The van der Waals surface area contributed by atoms with E-state index in [1.54, 1.807) is 19.1 Å². The van der Waals surface area contributed by atoms with Crippen LogP contribution >= 0.6 is 12.4 Å². The Hall–Kier alpha value is -1.37. The summed E-state index contributed by atoms with van der Waals surface area (Å²) in [5.74, 6) is 0.429. The van der Waals surface area contributed by atoms with E-state index in [1.165, 1.54) is 6.07 Å². The number of ether oxygens (including phenoxy) is 1. The van der Waals surface area contributed by atoms with E-state index in [-0.39, 0.29) is 30.7 Å². The topological polar surface area (TPSA) is 84.6 Å². The minimum Gasteiger partial charge on any atom is -0.490 e. The summed E-state index contributed by atoms with van der Waals surface area (Å²) in [6.45, 7) is 6.12. The molecule has 0 heterocycles. The van der Waals surface area contributed by atoms with Gasteiger partial charge in [0.2, 0.25) is 0 Å². The molecule has 1 unspecified atom stereocenters. The Bertz CT molecular complexity index is 440. The molecular formula is C13H21ClN2O4. The third-order valence-electron chi connectivity index (χ3n) is 2.65. The van der Waals surface area contributed by atoms with Crippen LogP contribution in [0.2, 0.25) is 0 Å². The van der Waals surface area contributed by atoms with Gasteiger partial charge in [0.15, 0.2) is 0 Å². The monoisotopic (exact) mass is 304 g/mol. The molecule has 0 aliphatic carbocycles. The molecule has 0 aromatic heterocycles.